The molecule has 1 unspecified atom stereocenters. The normalized spacial score (nSPS) is 18.1. The van der Waals surface area contributed by atoms with Gasteiger partial charge in [-0.25, -0.2) is 9.89 Å². The average molecular weight is 400 g/mol. The van der Waals surface area contributed by atoms with Crippen LogP contribution in [0.4, 0.5) is 4.79 Å². The number of unbranched alkanes of at least 4 members (excludes halogenated alkanes) is 1. The number of benzene rings is 1. The van der Waals surface area contributed by atoms with Crippen LogP contribution in [0, 0.1) is 0 Å². The number of hydrogen-bond acceptors (Lipinski definition) is 6. The summed E-state index contributed by atoms with van der Waals surface area (Å²) in [7, 11) is 1.80. The Balaban J connectivity index is 1.41. The summed E-state index contributed by atoms with van der Waals surface area (Å²) in [6.45, 7) is 2.21. The largest absolute Gasteiger partial charge is 0.389 e. The summed E-state index contributed by atoms with van der Waals surface area (Å²) >= 11 is 0. The molecule has 3 rings (SSSR count). The van der Waals surface area contributed by atoms with Gasteiger partial charge < -0.3 is 19.6 Å². The molecule has 156 valence electrons. The number of hydrogen-bond donors (Lipinski definition) is 2. The highest BCUT2D eigenvalue weighted by Crippen LogP contribution is 2.17. The Bertz CT molecular complexity index is 768. The van der Waals surface area contributed by atoms with Crippen LogP contribution in [-0.4, -0.2) is 80.5 Å². The quantitative estimate of drug-likeness (QED) is 0.436. The number of tetrazole rings is 1. The van der Waals surface area contributed by atoms with E-state index in [0.717, 1.165) is 18.4 Å². The van der Waals surface area contributed by atoms with Crippen molar-refractivity contribution in [1.29, 1.82) is 0 Å². The van der Waals surface area contributed by atoms with E-state index >= 15 is 0 Å². The van der Waals surface area contributed by atoms with Gasteiger partial charge in [-0.3, -0.25) is 0 Å². The molecule has 0 bridgehead atoms. The van der Waals surface area contributed by atoms with Crippen molar-refractivity contribution in [2.75, 3.05) is 26.7 Å². The predicted molar refractivity (Wildman–Crippen MR) is 107 cm³/mol. The van der Waals surface area contributed by atoms with Gasteiger partial charge in [0.25, 0.3) is 0 Å². The number of amides is 2. The minimum atomic E-state index is -0.570. The first-order valence-electron chi connectivity index (χ1n) is 9.86. The van der Waals surface area contributed by atoms with Gasteiger partial charge in [-0.2, -0.15) is 0 Å². The lowest BCUT2D eigenvalue weighted by Gasteiger charge is -2.21. The van der Waals surface area contributed by atoms with E-state index < -0.39 is 6.10 Å². The SMILES string of the molecule is CN1C[C@H](C=CC(O)Cc2ccccc2)N(CCCCOCc2nnn[nH]2)C1=O. The molecule has 2 amide bonds. The molecule has 1 saturated heterocycles. The second-order valence-corrected chi connectivity index (χ2v) is 7.17. The molecule has 2 heterocycles. The maximum Gasteiger partial charge on any atom is 0.320 e. The van der Waals surface area contributed by atoms with E-state index in [0.29, 0.717) is 38.5 Å². The summed E-state index contributed by atoms with van der Waals surface area (Å²) < 4.78 is 5.52. The Kier molecular flexibility index (Phi) is 7.71. The lowest BCUT2D eigenvalue weighted by Crippen LogP contribution is -2.34. The highest BCUT2D eigenvalue weighted by molar-refractivity contribution is 5.77. The van der Waals surface area contributed by atoms with Gasteiger partial charge >= 0.3 is 6.03 Å². The second kappa shape index (κ2) is 10.7. The number of aliphatic hydroxyl groups excluding tert-OH is 1. The van der Waals surface area contributed by atoms with E-state index in [-0.39, 0.29) is 12.1 Å². The smallest absolute Gasteiger partial charge is 0.320 e. The number of ether oxygens (including phenoxy) is 1. The van der Waals surface area contributed by atoms with Gasteiger partial charge in [0.2, 0.25) is 0 Å². The van der Waals surface area contributed by atoms with Crippen LogP contribution in [0.1, 0.15) is 24.2 Å². The van der Waals surface area contributed by atoms with E-state index in [4.69, 9.17) is 4.74 Å². The fraction of sp³-hybridized carbons (Fsp3) is 0.500. The van der Waals surface area contributed by atoms with E-state index in [1.54, 1.807) is 18.0 Å². The minimum Gasteiger partial charge on any atom is -0.389 e. The molecule has 2 aromatic rings. The molecule has 9 nitrogen and oxygen atoms in total. The number of rotatable bonds is 11. The van der Waals surface area contributed by atoms with Crippen molar-refractivity contribution in [3.05, 3.63) is 53.9 Å². The second-order valence-electron chi connectivity index (χ2n) is 7.17. The molecule has 0 aliphatic carbocycles. The maximum absolute atomic E-state index is 12.4. The standard InChI is InChI=1S/C20H28N6O3/c1-25-14-17(9-10-18(27)13-16-7-3-2-4-8-16)26(20(25)28)11-5-6-12-29-15-19-21-23-24-22-19/h2-4,7-10,17-18,27H,5-6,11-15H2,1H3,(H,21,22,23,24)/t17-,18?/m0/s1. The predicted octanol–water partition coefficient (Wildman–Crippen LogP) is 1.39. The van der Waals surface area contributed by atoms with Crippen molar-refractivity contribution in [3.8, 4) is 0 Å². The Labute approximate surface area is 170 Å². The van der Waals surface area contributed by atoms with Gasteiger partial charge in [0.05, 0.1) is 12.1 Å². The summed E-state index contributed by atoms with van der Waals surface area (Å²) in [5, 5.41) is 23.7. The summed E-state index contributed by atoms with van der Waals surface area (Å²) in [6.07, 6.45) is 5.41. The number of aromatic nitrogens is 4. The van der Waals surface area contributed by atoms with Crippen molar-refractivity contribution in [2.24, 2.45) is 0 Å². The first-order valence-corrected chi connectivity index (χ1v) is 9.86. The molecule has 1 aromatic carbocycles. The third-order valence-corrected chi connectivity index (χ3v) is 4.84. The first-order chi connectivity index (χ1) is 14.1. The van der Waals surface area contributed by atoms with Gasteiger partial charge in [0.15, 0.2) is 5.82 Å². The zero-order chi connectivity index (χ0) is 20.5. The molecule has 0 radical (unpaired) electrons. The number of H-pyrrole nitrogens is 1. The molecule has 29 heavy (non-hydrogen) atoms. The van der Waals surface area contributed by atoms with Crippen molar-refractivity contribution >= 4 is 6.03 Å². The van der Waals surface area contributed by atoms with Crippen LogP contribution in [0.2, 0.25) is 0 Å². The Morgan fingerprint density at radius 2 is 2.17 bits per heavy atom. The minimum absolute atomic E-state index is 0.0193. The van der Waals surface area contributed by atoms with Crippen LogP contribution < -0.4 is 0 Å². The summed E-state index contributed by atoms with van der Waals surface area (Å²) in [4.78, 5) is 16.0. The number of nitrogens with one attached hydrogen (secondary N) is 1. The van der Waals surface area contributed by atoms with Crippen LogP contribution >= 0.6 is 0 Å². The molecule has 2 atom stereocenters. The number of likely N-dealkylation sites (N-methyl/N-ethyl adjacent to an activating group) is 1. The summed E-state index contributed by atoms with van der Waals surface area (Å²) in [5.74, 6) is 0.598. The monoisotopic (exact) mass is 400 g/mol. The van der Waals surface area contributed by atoms with Gasteiger partial charge in [-0.05, 0) is 28.8 Å². The van der Waals surface area contributed by atoms with Crippen molar-refractivity contribution in [3.63, 3.8) is 0 Å². The maximum atomic E-state index is 12.4. The number of nitrogens with zero attached hydrogens (tertiary/aromatic N) is 5. The number of carbonyl (C=O) groups excluding carboxylic acids is 1. The van der Waals surface area contributed by atoms with Crippen molar-refractivity contribution < 1.29 is 14.6 Å². The topological polar surface area (TPSA) is 107 Å². The number of aliphatic hydroxyl groups is 1. The van der Waals surface area contributed by atoms with Crippen LogP contribution in [0.5, 0.6) is 0 Å². The highest BCUT2D eigenvalue weighted by atomic mass is 16.5. The van der Waals surface area contributed by atoms with Crippen molar-refractivity contribution in [2.45, 2.75) is 38.0 Å². The molecule has 1 aliphatic rings. The van der Waals surface area contributed by atoms with Crippen LogP contribution in [0.15, 0.2) is 42.5 Å². The lowest BCUT2D eigenvalue weighted by molar-refractivity contribution is 0.109. The van der Waals surface area contributed by atoms with Gasteiger partial charge in [0.1, 0.15) is 6.61 Å². The first kappa shape index (κ1) is 20.9. The zero-order valence-electron chi connectivity index (χ0n) is 16.6. The van der Waals surface area contributed by atoms with Crippen molar-refractivity contribution in [1.82, 2.24) is 30.4 Å². The number of aromatic amines is 1. The molecule has 0 saturated carbocycles. The zero-order valence-corrected chi connectivity index (χ0v) is 16.6. The van der Waals surface area contributed by atoms with E-state index in [1.165, 1.54) is 0 Å². The number of carbonyl (C=O) groups is 1. The molecular formula is C20H28N6O3. The Morgan fingerprint density at radius 3 is 2.93 bits per heavy atom. The molecule has 9 heteroatoms. The molecule has 1 aliphatic heterocycles. The van der Waals surface area contributed by atoms with Crippen LogP contribution in [-0.2, 0) is 17.8 Å². The summed E-state index contributed by atoms with van der Waals surface area (Å²) in [6, 6.07) is 9.87. The van der Waals surface area contributed by atoms with E-state index in [9.17, 15) is 9.90 Å². The molecule has 0 spiro atoms. The van der Waals surface area contributed by atoms with Crippen LogP contribution in [0.3, 0.4) is 0 Å². The fourth-order valence-corrected chi connectivity index (χ4v) is 3.32. The summed E-state index contributed by atoms with van der Waals surface area (Å²) in [5.41, 5.74) is 1.09. The van der Waals surface area contributed by atoms with Crippen LogP contribution in [0.25, 0.3) is 0 Å². The molecule has 1 fully saturated rings. The Hall–Kier alpha value is -2.78. The average Bonchev–Trinajstić information content (AvgIpc) is 3.33. The van der Waals surface area contributed by atoms with Gasteiger partial charge in [0, 0.05) is 33.2 Å². The molecule has 1 aromatic heterocycles. The highest BCUT2D eigenvalue weighted by Gasteiger charge is 2.32. The van der Waals surface area contributed by atoms with Gasteiger partial charge in [-0.15, -0.1) is 5.10 Å². The molecule has 2 N–H and O–H groups in total. The third kappa shape index (κ3) is 6.37. The van der Waals surface area contributed by atoms with E-state index in [2.05, 4.69) is 20.6 Å². The Morgan fingerprint density at radius 1 is 1.34 bits per heavy atom. The fourth-order valence-electron chi connectivity index (χ4n) is 3.32. The van der Waals surface area contributed by atoms with E-state index in [1.807, 2.05) is 41.3 Å². The number of urea groups is 1. The third-order valence-electron chi connectivity index (χ3n) is 4.84. The molecular weight excluding hydrogens is 372 g/mol. The van der Waals surface area contributed by atoms with Gasteiger partial charge in [-0.1, -0.05) is 42.5 Å². The lowest BCUT2D eigenvalue weighted by atomic mass is 10.1.